The molecule has 2 rings (SSSR count). The number of hydrogen-bond acceptors (Lipinski definition) is 4. The van der Waals surface area contributed by atoms with Gasteiger partial charge in [-0.3, -0.25) is 0 Å². The number of rotatable bonds is 2. The zero-order valence-electron chi connectivity index (χ0n) is 7.27. The molecule has 14 heavy (non-hydrogen) atoms. The summed E-state index contributed by atoms with van der Waals surface area (Å²) in [7, 11) is 0. The Morgan fingerprint density at radius 2 is 2.21 bits per heavy atom. The molecule has 0 aromatic carbocycles. The highest BCUT2D eigenvalue weighted by atomic mass is 35.5. The summed E-state index contributed by atoms with van der Waals surface area (Å²) in [5, 5.41) is 0. The van der Waals surface area contributed by atoms with Crippen LogP contribution in [0.2, 0.25) is 4.34 Å². The highest BCUT2D eigenvalue weighted by Gasteiger charge is 2.04. The topological polar surface area (TPSA) is 51.8 Å². The van der Waals surface area contributed by atoms with Gasteiger partial charge >= 0.3 is 0 Å². The molecule has 2 N–H and O–H groups in total. The highest BCUT2D eigenvalue weighted by molar-refractivity contribution is 7.19. The third-order valence-electron chi connectivity index (χ3n) is 1.72. The summed E-state index contributed by atoms with van der Waals surface area (Å²) in [6, 6.07) is 5.54. The van der Waals surface area contributed by atoms with Crippen molar-refractivity contribution in [2.45, 2.75) is 6.54 Å². The lowest BCUT2D eigenvalue weighted by Crippen LogP contribution is -2.00. The predicted molar refractivity (Wildman–Crippen MR) is 58.2 cm³/mol. The van der Waals surface area contributed by atoms with E-state index in [1.807, 2.05) is 12.1 Å². The van der Waals surface area contributed by atoms with Crippen LogP contribution < -0.4 is 5.73 Å². The van der Waals surface area contributed by atoms with Crippen molar-refractivity contribution >= 4 is 22.9 Å². The van der Waals surface area contributed by atoms with Crippen LogP contribution in [0.15, 0.2) is 24.4 Å². The summed E-state index contributed by atoms with van der Waals surface area (Å²) in [6.45, 7) is 0.425. The first kappa shape index (κ1) is 9.58. The van der Waals surface area contributed by atoms with Gasteiger partial charge in [-0.05, 0) is 18.2 Å². The zero-order chi connectivity index (χ0) is 9.97. The second kappa shape index (κ2) is 4.04. The molecule has 0 fully saturated rings. The van der Waals surface area contributed by atoms with Crippen molar-refractivity contribution in [1.29, 1.82) is 0 Å². The summed E-state index contributed by atoms with van der Waals surface area (Å²) >= 11 is 7.28. The standard InChI is InChI=1S/C9H8ClN3S/c10-8-2-1-7(14-8)9-12-4-3-6(5-11)13-9/h1-4H,5,11H2. The first-order chi connectivity index (χ1) is 6.79. The van der Waals surface area contributed by atoms with Crippen molar-refractivity contribution in [1.82, 2.24) is 9.97 Å². The fourth-order valence-corrected chi connectivity index (χ4v) is 2.05. The molecule has 0 saturated carbocycles. The zero-order valence-corrected chi connectivity index (χ0v) is 8.85. The highest BCUT2D eigenvalue weighted by Crippen LogP contribution is 2.28. The molecule has 0 spiro atoms. The minimum atomic E-state index is 0.425. The first-order valence-corrected chi connectivity index (χ1v) is 5.27. The van der Waals surface area contributed by atoms with Crippen molar-refractivity contribution in [3.8, 4) is 10.7 Å². The molecular formula is C9H8ClN3S. The molecule has 72 valence electrons. The minimum absolute atomic E-state index is 0.425. The number of halogens is 1. The Morgan fingerprint density at radius 1 is 1.36 bits per heavy atom. The largest absolute Gasteiger partial charge is 0.325 e. The summed E-state index contributed by atoms with van der Waals surface area (Å²) in [5.74, 6) is 0.685. The second-order valence-electron chi connectivity index (χ2n) is 2.68. The molecule has 0 radical (unpaired) electrons. The molecule has 0 unspecified atom stereocenters. The lowest BCUT2D eigenvalue weighted by Gasteiger charge is -1.98. The molecule has 0 atom stereocenters. The van der Waals surface area contributed by atoms with Crippen LogP contribution in [0, 0.1) is 0 Å². The maximum Gasteiger partial charge on any atom is 0.169 e. The Labute approximate surface area is 90.6 Å². The third kappa shape index (κ3) is 1.92. The van der Waals surface area contributed by atoms with Crippen molar-refractivity contribution in [3.63, 3.8) is 0 Å². The van der Waals surface area contributed by atoms with Crippen LogP contribution in [0.4, 0.5) is 0 Å². The van der Waals surface area contributed by atoms with E-state index in [2.05, 4.69) is 9.97 Å². The maximum atomic E-state index is 5.82. The number of aromatic nitrogens is 2. The molecule has 2 heterocycles. The summed E-state index contributed by atoms with van der Waals surface area (Å²) in [5.41, 5.74) is 6.32. The average molecular weight is 226 g/mol. The van der Waals surface area contributed by atoms with Crippen LogP contribution in [0.5, 0.6) is 0 Å². The van der Waals surface area contributed by atoms with E-state index in [9.17, 15) is 0 Å². The predicted octanol–water partition coefficient (Wildman–Crippen LogP) is 2.32. The number of hydrogen-bond donors (Lipinski definition) is 1. The van der Waals surface area contributed by atoms with Crippen molar-refractivity contribution < 1.29 is 0 Å². The van der Waals surface area contributed by atoms with E-state index in [-0.39, 0.29) is 0 Å². The molecule has 5 heteroatoms. The average Bonchev–Trinajstić information content (AvgIpc) is 2.65. The van der Waals surface area contributed by atoms with Crippen LogP contribution >= 0.6 is 22.9 Å². The second-order valence-corrected chi connectivity index (χ2v) is 4.39. The monoisotopic (exact) mass is 225 g/mol. The number of nitrogens with two attached hydrogens (primary N) is 1. The third-order valence-corrected chi connectivity index (χ3v) is 2.94. The van der Waals surface area contributed by atoms with Crippen LogP contribution in [-0.4, -0.2) is 9.97 Å². The van der Waals surface area contributed by atoms with Crippen LogP contribution in [0.1, 0.15) is 5.69 Å². The lowest BCUT2D eigenvalue weighted by molar-refractivity contribution is 0.971. The number of thiophene rings is 1. The molecule has 0 amide bonds. The molecule has 0 saturated heterocycles. The summed E-state index contributed by atoms with van der Waals surface area (Å²) in [6.07, 6.45) is 1.71. The smallest absolute Gasteiger partial charge is 0.169 e. The quantitative estimate of drug-likeness (QED) is 0.854. The van der Waals surface area contributed by atoms with E-state index in [1.54, 1.807) is 12.3 Å². The van der Waals surface area contributed by atoms with Crippen molar-refractivity contribution in [2.75, 3.05) is 0 Å². The van der Waals surface area contributed by atoms with Crippen molar-refractivity contribution in [3.05, 3.63) is 34.4 Å². The van der Waals surface area contributed by atoms with E-state index in [0.29, 0.717) is 12.4 Å². The molecule has 0 aliphatic rings. The molecular weight excluding hydrogens is 218 g/mol. The minimum Gasteiger partial charge on any atom is -0.325 e. The number of nitrogens with zero attached hydrogens (tertiary/aromatic N) is 2. The Bertz CT molecular complexity index is 441. The van der Waals surface area contributed by atoms with Gasteiger partial charge in [0.25, 0.3) is 0 Å². The van der Waals surface area contributed by atoms with E-state index < -0.39 is 0 Å². The fraction of sp³-hybridized carbons (Fsp3) is 0.111. The summed E-state index contributed by atoms with van der Waals surface area (Å²) in [4.78, 5) is 9.41. The molecule has 2 aromatic heterocycles. The van der Waals surface area contributed by atoms with Crippen LogP contribution in [0.3, 0.4) is 0 Å². The van der Waals surface area contributed by atoms with Crippen LogP contribution in [-0.2, 0) is 6.54 Å². The Hall–Kier alpha value is -0.970. The maximum absolute atomic E-state index is 5.82. The van der Waals surface area contributed by atoms with Gasteiger partial charge in [-0.15, -0.1) is 11.3 Å². The van der Waals surface area contributed by atoms with E-state index in [4.69, 9.17) is 17.3 Å². The molecule has 0 aliphatic heterocycles. The van der Waals surface area contributed by atoms with Gasteiger partial charge in [-0.1, -0.05) is 11.6 Å². The van der Waals surface area contributed by atoms with Gasteiger partial charge in [-0.25, -0.2) is 9.97 Å². The normalized spacial score (nSPS) is 10.4. The van der Waals surface area contributed by atoms with Crippen molar-refractivity contribution in [2.24, 2.45) is 5.73 Å². The van der Waals surface area contributed by atoms with Gasteiger partial charge in [0.2, 0.25) is 0 Å². The Morgan fingerprint density at radius 3 is 2.86 bits per heavy atom. The summed E-state index contributed by atoms with van der Waals surface area (Å²) < 4.78 is 0.738. The van der Waals surface area contributed by atoms with Gasteiger partial charge in [0.05, 0.1) is 14.9 Å². The Balaban J connectivity index is 2.41. The first-order valence-electron chi connectivity index (χ1n) is 4.07. The SMILES string of the molecule is NCc1ccnc(-c2ccc(Cl)s2)n1. The van der Waals surface area contributed by atoms with E-state index in [1.165, 1.54) is 11.3 Å². The molecule has 0 aliphatic carbocycles. The van der Waals surface area contributed by atoms with Gasteiger partial charge in [0.15, 0.2) is 5.82 Å². The lowest BCUT2D eigenvalue weighted by atomic mass is 10.4. The van der Waals surface area contributed by atoms with Gasteiger partial charge in [-0.2, -0.15) is 0 Å². The Kier molecular flexibility index (Phi) is 2.77. The fourth-order valence-electron chi connectivity index (χ4n) is 1.06. The van der Waals surface area contributed by atoms with E-state index >= 15 is 0 Å². The van der Waals surface area contributed by atoms with Gasteiger partial charge in [0, 0.05) is 12.7 Å². The van der Waals surface area contributed by atoms with Gasteiger partial charge in [0.1, 0.15) is 0 Å². The van der Waals surface area contributed by atoms with Crippen LogP contribution in [0.25, 0.3) is 10.7 Å². The molecule has 2 aromatic rings. The van der Waals surface area contributed by atoms with E-state index in [0.717, 1.165) is 14.9 Å². The molecule has 0 bridgehead atoms. The van der Waals surface area contributed by atoms with Gasteiger partial charge < -0.3 is 5.73 Å². The molecule has 3 nitrogen and oxygen atoms in total.